The average Bonchev–Trinajstić information content (AvgIpc) is 2.36. The quantitative estimate of drug-likeness (QED) is 0.923. The molecule has 1 aliphatic rings. The summed E-state index contributed by atoms with van der Waals surface area (Å²) in [5.41, 5.74) is 6.49. The van der Waals surface area contributed by atoms with Crippen molar-refractivity contribution in [2.24, 2.45) is 5.73 Å². The Kier molecular flexibility index (Phi) is 4.79. The predicted molar refractivity (Wildman–Crippen MR) is 76.9 cm³/mol. The van der Waals surface area contributed by atoms with Gasteiger partial charge in [0.1, 0.15) is 5.82 Å². The van der Waals surface area contributed by atoms with Crippen molar-refractivity contribution in [3.8, 4) is 0 Å². The van der Waals surface area contributed by atoms with Crippen molar-refractivity contribution in [3.05, 3.63) is 34.6 Å². The molecular formula is C14H21ClFN3. The van der Waals surface area contributed by atoms with E-state index in [1.165, 1.54) is 6.07 Å². The van der Waals surface area contributed by atoms with Crippen molar-refractivity contribution >= 4 is 11.6 Å². The van der Waals surface area contributed by atoms with E-state index in [4.69, 9.17) is 17.3 Å². The van der Waals surface area contributed by atoms with Gasteiger partial charge in [0.2, 0.25) is 0 Å². The van der Waals surface area contributed by atoms with E-state index in [0.29, 0.717) is 23.2 Å². The minimum Gasteiger partial charge on any atom is -0.329 e. The molecule has 19 heavy (non-hydrogen) atoms. The van der Waals surface area contributed by atoms with E-state index in [-0.39, 0.29) is 11.9 Å². The fourth-order valence-corrected chi connectivity index (χ4v) is 3.01. The van der Waals surface area contributed by atoms with Crippen LogP contribution in [0.25, 0.3) is 0 Å². The number of halogens is 2. The molecule has 0 saturated carbocycles. The molecule has 0 aromatic heterocycles. The lowest BCUT2D eigenvalue weighted by Gasteiger charge is -2.42. The largest absolute Gasteiger partial charge is 0.329 e. The van der Waals surface area contributed by atoms with Gasteiger partial charge in [-0.3, -0.25) is 4.90 Å². The second-order valence-corrected chi connectivity index (χ2v) is 5.70. The van der Waals surface area contributed by atoms with Crippen LogP contribution < -0.4 is 5.73 Å². The first-order valence-corrected chi connectivity index (χ1v) is 7.00. The first-order valence-electron chi connectivity index (χ1n) is 6.62. The SMILES string of the molecule is CC1CN(C)CCN1C(CN)c1cc(Cl)ccc1F. The predicted octanol–water partition coefficient (Wildman–Crippen LogP) is 2.11. The van der Waals surface area contributed by atoms with Crippen molar-refractivity contribution in [2.75, 3.05) is 33.2 Å². The summed E-state index contributed by atoms with van der Waals surface area (Å²) < 4.78 is 14.0. The highest BCUT2D eigenvalue weighted by Gasteiger charge is 2.29. The van der Waals surface area contributed by atoms with Crippen LogP contribution in [0, 0.1) is 5.82 Å². The molecule has 0 aliphatic carbocycles. The normalized spacial score (nSPS) is 23.5. The second kappa shape index (κ2) is 6.18. The molecule has 0 amide bonds. The molecule has 0 spiro atoms. The number of benzene rings is 1. The molecule has 1 aliphatic heterocycles. The van der Waals surface area contributed by atoms with Crippen LogP contribution in [-0.4, -0.2) is 49.1 Å². The van der Waals surface area contributed by atoms with Gasteiger partial charge in [0, 0.05) is 42.8 Å². The van der Waals surface area contributed by atoms with Crippen LogP contribution in [0.4, 0.5) is 4.39 Å². The third-order valence-electron chi connectivity index (χ3n) is 3.82. The second-order valence-electron chi connectivity index (χ2n) is 5.27. The van der Waals surface area contributed by atoms with Gasteiger partial charge in [-0.25, -0.2) is 4.39 Å². The topological polar surface area (TPSA) is 32.5 Å². The third-order valence-corrected chi connectivity index (χ3v) is 4.06. The Hall–Kier alpha value is -0.680. The highest BCUT2D eigenvalue weighted by Crippen LogP contribution is 2.28. The standard InChI is InChI=1S/C14H21ClFN3/c1-10-9-18(2)5-6-19(10)14(8-17)12-7-11(15)3-4-13(12)16/h3-4,7,10,14H,5-6,8-9,17H2,1-2H3. The lowest BCUT2D eigenvalue weighted by atomic mass is 10.0. The van der Waals surface area contributed by atoms with E-state index in [1.54, 1.807) is 12.1 Å². The molecule has 2 unspecified atom stereocenters. The van der Waals surface area contributed by atoms with E-state index in [0.717, 1.165) is 19.6 Å². The number of hydrogen-bond acceptors (Lipinski definition) is 3. The zero-order chi connectivity index (χ0) is 14.0. The van der Waals surface area contributed by atoms with Crippen LogP contribution in [0.1, 0.15) is 18.5 Å². The molecule has 2 atom stereocenters. The van der Waals surface area contributed by atoms with Crippen LogP contribution in [-0.2, 0) is 0 Å². The summed E-state index contributed by atoms with van der Waals surface area (Å²) in [5.74, 6) is -0.231. The van der Waals surface area contributed by atoms with Crippen molar-refractivity contribution in [2.45, 2.75) is 19.0 Å². The van der Waals surface area contributed by atoms with Crippen LogP contribution in [0.2, 0.25) is 5.02 Å². The van der Waals surface area contributed by atoms with Gasteiger partial charge in [0.15, 0.2) is 0 Å². The monoisotopic (exact) mass is 285 g/mol. The van der Waals surface area contributed by atoms with Crippen molar-refractivity contribution in [1.29, 1.82) is 0 Å². The molecule has 0 bridgehead atoms. The van der Waals surface area contributed by atoms with E-state index < -0.39 is 0 Å². The molecule has 5 heteroatoms. The molecular weight excluding hydrogens is 265 g/mol. The average molecular weight is 286 g/mol. The minimum absolute atomic E-state index is 0.109. The molecule has 1 saturated heterocycles. The molecule has 0 radical (unpaired) electrons. The first kappa shape index (κ1) is 14.7. The molecule has 1 heterocycles. The Labute approximate surface area is 119 Å². The minimum atomic E-state index is -0.231. The summed E-state index contributed by atoms with van der Waals surface area (Å²) in [6, 6.07) is 4.93. The van der Waals surface area contributed by atoms with Crippen molar-refractivity contribution in [1.82, 2.24) is 9.80 Å². The number of piperazine rings is 1. The highest BCUT2D eigenvalue weighted by atomic mass is 35.5. The van der Waals surface area contributed by atoms with Gasteiger partial charge in [-0.15, -0.1) is 0 Å². The van der Waals surface area contributed by atoms with Gasteiger partial charge >= 0.3 is 0 Å². The van der Waals surface area contributed by atoms with Crippen LogP contribution in [0.15, 0.2) is 18.2 Å². The Balaban J connectivity index is 2.26. The zero-order valence-corrected chi connectivity index (χ0v) is 12.2. The number of nitrogens with two attached hydrogens (primary N) is 1. The Morgan fingerprint density at radius 1 is 1.47 bits per heavy atom. The lowest BCUT2D eigenvalue weighted by molar-refractivity contribution is 0.0622. The van der Waals surface area contributed by atoms with Crippen molar-refractivity contribution in [3.63, 3.8) is 0 Å². The smallest absolute Gasteiger partial charge is 0.128 e. The van der Waals surface area contributed by atoms with Crippen LogP contribution in [0.3, 0.4) is 0 Å². The summed E-state index contributed by atoms with van der Waals surface area (Å²) in [7, 11) is 2.10. The van der Waals surface area contributed by atoms with Gasteiger partial charge < -0.3 is 10.6 Å². The maximum absolute atomic E-state index is 14.0. The van der Waals surface area contributed by atoms with E-state index >= 15 is 0 Å². The van der Waals surface area contributed by atoms with Gasteiger partial charge in [0.25, 0.3) is 0 Å². The number of rotatable bonds is 3. The Bertz CT molecular complexity index is 441. The molecule has 3 nitrogen and oxygen atoms in total. The molecule has 106 valence electrons. The first-order chi connectivity index (χ1) is 9.02. The maximum Gasteiger partial charge on any atom is 0.128 e. The van der Waals surface area contributed by atoms with Crippen molar-refractivity contribution < 1.29 is 4.39 Å². The highest BCUT2D eigenvalue weighted by molar-refractivity contribution is 6.30. The molecule has 2 rings (SSSR count). The lowest BCUT2D eigenvalue weighted by Crippen LogP contribution is -2.53. The van der Waals surface area contributed by atoms with E-state index in [9.17, 15) is 4.39 Å². The molecule has 2 N–H and O–H groups in total. The van der Waals surface area contributed by atoms with E-state index in [1.807, 2.05) is 0 Å². The van der Waals surface area contributed by atoms with Gasteiger partial charge in [-0.05, 0) is 32.2 Å². The molecule has 1 aromatic carbocycles. The molecule has 1 aromatic rings. The third kappa shape index (κ3) is 3.26. The summed E-state index contributed by atoms with van der Waals surface area (Å²) in [5, 5.41) is 0.552. The Morgan fingerprint density at radius 3 is 2.84 bits per heavy atom. The fraction of sp³-hybridized carbons (Fsp3) is 0.571. The maximum atomic E-state index is 14.0. The Morgan fingerprint density at radius 2 is 2.21 bits per heavy atom. The molecule has 1 fully saturated rings. The zero-order valence-electron chi connectivity index (χ0n) is 11.4. The van der Waals surface area contributed by atoms with E-state index in [2.05, 4.69) is 23.8 Å². The fourth-order valence-electron chi connectivity index (χ4n) is 2.83. The number of nitrogens with zero attached hydrogens (tertiary/aromatic N) is 2. The summed E-state index contributed by atoms with van der Waals surface area (Å²) in [6.07, 6.45) is 0. The summed E-state index contributed by atoms with van der Waals surface area (Å²) >= 11 is 5.98. The summed E-state index contributed by atoms with van der Waals surface area (Å²) in [4.78, 5) is 4.55. The number of hydrogen-bond donors (Lipinski definition) is 1. The van der Waals surface area contributed by atoms with Gasteiger partial charge in [0.05, 0.1) is 6.04 Å². The van der Waals surface area contributed by atoms with Gasteiger partial charge in [-0.1, -0.05) is 11.6 Å². The van der Waals surface area contributed by atoms with Crippen LogP contribution >= 0.6 is 11.6 Å². The van der Waals surface area contributed by atoms with Crippen LogP contribution in [0.5, 0.6) is 0 Å². The number of likely N-dealkylation sites (N-methyl/N-ethyl adjacent to an activating group) is 1. The van der Waals surface area contributed by atoms with Gasteiger partial charge in [-0.2, -0.15) is 0 Å². The summed E-state index contributed by atoms with van der Waals surface area (Å²) in [6.45, 7) is 5.39.